The van der Waals surface area contributed by atoms with Crippen molar-refractivity contribution in [3.05, 3.63) is 23.3 Å². The Hall–Kier alpha value is -1.98. The molecule has 1 saturated heterocycles. The highest BCUT2D eigenvalue weighted by Gasteiger charge is 2.34. The first kappa shape index (κ1) is 18.4. The molecule has 1 aromatic heterocycles. The molecule has 132 valence electrons. The molecule has 2 rings (SSSR count). The van der Waals surface area contributed by atoms with Gasteiger partial charge in [0.15, 0.2) is 0 Å². The molecule has 1 fully saturated rings. The van der Waals surface area contributed by atoms with Crippen LogP contribution in [0.3, 0.4) is 0 Å². The van der Waals surface area contributed by atoms with Gasteiger partial charge in [-0.2, -0.15) is 0 Å². The van der Waals surface area contributed by atoms with Crippen LogP contribution in [-0.4, -0.2) is 57.8 Å². The molecular weight excluding hydrogens is 304 g/mol. The predicted octanol–water partition coefficient (Wildman–Crippen LogP) is 2.17. The standard InChI is InChI=1S/C18H28N4O2/c1-6-21(7-2)17(24)15-12-16(20-13(3)19-15)18(5)8-10-22(11-9-18)14(4)23/h12H,6-11H2,1-5H3. The molecule has 2 heterocycles. The van der Waals surface area contributed by atoms with Crippen LogP contribution in [-0.2, 0) is 10.2 Å². The van der Waals surface area contributed by atoms with Crippen molar-refractivity contribution in [2.75, 3.05) is 26.2 Å². The topological polar surface area (TPSA) is 66.4 Å². The maximum absolute atomic E-state index is 12.6. The van der Waals surface area contributed by atoms with E-state index >= 15 is 0 Å². The molecule has 2 amide bonds. The molecule has 0 radical (unpaired) electrons. The van der Waals surface area contributed by atoms with E-state index in [0.717, 1.165) is 31.6 Å². The molecule has 6 nitrogen and oxygen atoms in total. The van der Waals surface area contributed by atoms with Crippen molar-refractivity contribution in [2.45, 2.75) is 52.9 Å². The maximum atomic E-state index is 12.6. The van der Waals surface area contributed by atoms with E-state index in [1.807, 2.05) is 31.7 Å². The molecule has 0 bridgehead atoms. The summed E-state index contributed by atoms with van der Waals surface area (Å²) in [6.07, 6.45) is 1.70. The van der Waals surface area contributed by atoms with Gasteiger partial charge in [0.05, 0.1) is 5.69 Å². The van der Waals surface area contributed by atoms with Crippen LogP contribution >= 0.6 is 0 Å². The number of carbonyl (C=O) groups is 2. The Morgan fingerprint density at radius 1 is 1.21 bits per heavy atom. The highest BCUT2D eigenvalue weighted by atomic mass is 16.2. The van der Waals surface area contributed by atoms with Crippen LogP contribution in [0.5, 0.6) is 0 Å². The Kier molecular flexibility index (Phi) is 5.57. The largest absolute Gasteiger partial charge is 0.343 e. The zero-order valence-electron chi connectivity index (χ0n) is 15.4. The van der Waals surface area contributed by atoms with Gasteiger partial charge in [0.2, 0.25) is 5.91 Å². The number of aromatic nitrogens is 2. The maximum Gasteiger partial charge on any atom is 0.272 e. The van der Waals surface area contributed by atoms with Gasteiger partial charge in [-0.25, -0.2) is 9.97 Å². The van der Waals surface area contributed by atoms with Crippen LogP contribution in [0.4, 0.5) is 0 Å². The third-order valence-electron chi connectivity index (χ3n) is 5.04. The fourth-order valence-corrected chi connectivity index (χ4v) is 3.23. The first-order chi connectivity index (χ1) is 11.3. The highest BCUT2D eigenvalue weighted by Crippen LogP contribution is 2.34. The number of amides is 2. The zero-order chi connectivity index (χ0) is 17.9. The van der Waals surface area contributed by atoms with Gasteiger partial charge in [0.25, 0.3) is 5.91 Å². The Morgan fingerprint density at radius 3 is 2.29 bits per heavy atom. The van der Waals surface area contributed by atoms with Crippen LogP contribution < -0.4 is 0 Å². The predicted molar refractivity (Wildman–Crippen MR) is 92.9 cm³/mol. The molecule has 1 aliphatic heterocycles. The molecule has 0 spiro atoms. The molecule has 6 heteroatoms. The van der Waals surface area contributed by atoms with Crippen molar-refractivity contribution in [3.8, 4) is 0 Å². The minimum absolute atomic E-state index is 0.0449. The summed E-state index contributed by atoms with van der Waals surface area (Å²) in [6, 6.07) is 1.84. The minimum atomic E-state index is -0.127. The second-order valence-corrected chi connectivity index (χ2v) is 6.73. The van der Waals surface area contributed by atoms with Gasteiger partial charge in [-0.1, -0.05) is 6.92 Å². The number of carbonyl (C=O) groups excluding carboxylic acids is 2. The van der Waals surface area contributed by atoms with Crippen molar-refractivity contribution >= 4 is 11.8 Å². The third-order valence-corrected chi connectivity index (χ3v) is 5.04. The lowest BCUT2D eigenvalue weighted by Crippen LogP contribution is -2.43. The lowest BCUT2D eigenvalue weighted by atomic mass is 9.77. The second-order valence-electron chi connectivity index (χ2n) is 6.73. The minimum Gasteiger partial charge on any atom is -0.343 e. The monoisotopic (exact) mass is 332 g/mol. The van der Waals surface area contributed by atoms with Gasteiger partial charge >= 0.3 is 0 Å². The van der Waals surface area contributed by atoms with E-state index in [4.69, 9.17) is 0 Å². The molecule has 0 N–H and O–H groups in total. The van der Waals surface area contributed by atoms with E-state index in [1.165, 1.54) is 0 Å². The fourth-order valence-electron chi connectivity index (χ4n) is 3.23. The van der Waals surface area contributed by atoms with Crippen molar-refractivity contribution < 1.29 is 9.59 Å². The number of piperidine rings is 1. The number of hydrogen-bond donors (Lipinski definition) is 0. The van der Waals surface area contributed by atoms with E-state index in [9.17, 15) is 9.59 Å². The number of likely N-dealkylation sites (tertiary alicyclic amines) is 1. The molecule has 0 saturated carbocycles. The summed E-state index contributed by atoms with van der Waals surface area (Å²) < 4.78 is 0. The van der Waals surface area contributed by atoms with Crippen LogP contribution in [0.15, 0.2) is 6.07 Å². The van der Waals surface area contributed by atoms with Crippen LogP contribution in [0.25, 0.3) is 0 Å². The van der Waals surface area contributed by atoms with Gasteiger partial charge in [-0.05, 0) is 39.7 Å². The molecule has 24 heavy (non-hydrogen) atoms. The number of nitrogens with zero attached hydrogens (tertiary/aromatic N) is 4. The molecule has 0 aromatic carbocycles. The third kappa shape index (κ3) is 3.74. The Morgan fingerprint density at radius 2 is 1.79 bits per heavy atom. The fraction of sp³-hybridized carbons (Fsp3) is 0.667. The smallest absolute Gasteiger partial charge is 0.272 e. The summed E-state index contributed by atoms with van der Waals surface area (Å²) in [6.45, 7) is 12.3. The van der Waals surface area contributed by atoms with Gasteiger partial charge in [0.1, 0.15) is 11.5 Å². The van der Waals surface area contributed by atoms with E-state index < -0.39 is 0 Å². The van der Waals surface area contributed by atoms with Crippen LogP contribution in [0.2, 0.25) is 0 Å². The Labute approximate surface area is 144 Å². The number of hydrogen-bond acceptors (Lipinski definition) is 4. The van der Waals surface area contributed by atoms with Gasteiger partial charge in [0, 0.05) is 38.5 Å². The first-order valence-corrected chi connectivity index (χ1v) is 8.71. The summed E-state index contributed by atoms with van der Waals surface area (Å²) >= 11 is 0. The van der Waals surface area contributed by atoms with E-state index in [2.05, 4.69) is 16.9 Å². The first-order valence-electron chi connectivity index (χ1n) is 8.71. The molecular formula is C18H28N4O2. The zero-order valence-corrected chi connectivity index (χ0v) is 15.4. The van der Waals surface area contributed by atoms with E-state index in [-0.39, 0.29) is 17.2 Å². The number of aryl methyl sites for hydroxylation is 1. The number of rotatable bonds is 4. The summed E-state index contributed by atoms with van der Waals surface area (Å²) in [5.74, 6) is 0.697. The Bertz CT molecular complexity index is 617. The Balaban J connectivity index is 2.28. The normalized spacial score (nSPS) is 16.8. The summed E-state index contributed by atoms with van der Waals surface area (Å²) in [5.41, 5.74) is 1.25. The summed E-state index contributed by atoms with van der Waals surface area (Å²) in [4.78, 5) is 36.8. The lowest BCUT2D eigenvalue weighted by Gasteiger charge is -2.38. The van der Waals surface area contributed by atoms with Crippen molar-refractivity contribution in [2.24, 2.45) is 0 Å². The summed E-state index contributed by atoms with van der Waals surface area (Å²) in [5, 5.41) is 0. The average molecular weight is 332 g/mol. The van der Waals surface area contributed by atoms with Crippen LogP contribution in [0.1, 0.15) is 62.5 Å². The quantitative estimate of drug-likeness (QED) is 0.847. The van der Waals surface area contributed by atoms with Gasteiger partial charge < -0.3 is 9.80 Å². The molecule has 0 unspecified atom stereocenters. The molecule has 1 aromatic rings. The second kappa shape index (κ2) is 7.28. The highest BCUT2D eigenvalue weighted by molar-refractivity contribution is 5.92. The summed E-state index contributed by atoms with van der Waals surface area (Å²) in [7, 11) is 0. The lowest BCUT2D eigenvalue weighted by molar-refractivity contribution is -0.130. The van der Waals surface area contributed by atoms with Crippen molar-refractivity contribution in [1.29, 1.82) is 0 Å². The molecule has 0 atom stereocenters. The van der Waals surface area contributed by atoms with E-state index in [1.54, 1.807) is 11.8 Å². The van der Waals surface area contributed by atoms with Crippen molar-refractivity contribution in [1.82, 2.24) is 19.8 Å². The van der Waals surface area contributed by atoms with E-state index in [0.29, 0.717) is 24.6 Å². The van der Waals surface area contributed by atoms with Crippen molar-refractivity contribution in [3.63, 3.8) is 0 Å². The molecule has 1 aliphatic rings. The average Bonchev–Trinajstić information content (AvgIpc) is 2.55. The van der Waals surface area contributed by atoms with Gasteiger partial charge in [-0.3, -0.25) is 9.59 Å². The SMILES string of the molecule is CCN(CC)C(=O)c1cc(C2(C)CCN(C(C)=O)CC2)nc(C)n1. The van der Waals surface area contributed by atoms with Crippen LogP contribution in [0, 0.1) is 6.92 Å². The molecule has 0 aliphatic carbocycles. The van der Waals surface area contributed by atoms with Gasteiger partial charge in [-0.15, -0.1) is 0 Å².